The minimum Gasteiger partial charge on any atom is -0.443 e. The third-order valence-corrected chi connectivity index (χ3v) is 7.20. The van der Waals surface area contributed by atoms with E-state index in [2.05, 4.69) is 23.3 Å². The van der Waals surface area contributed by atoms with E-state index in [0.29, 0.717) is 17.2 Å². The Kier molecular flexibility index (Phi) is 4.30. The molecule has 3 aliphatic carbocycles. The van der Waals surface area contributed by atoms with Crippen molar-refractivity contribution >= 4 is 18.0 Å². The molecule has 1 saturated heterocycles. The zero-order chi connectivity index (χ0) is 22.0. The Morgan fingerprint density at radius 1 is 1.10 bits per heavy atom. The number of furan rings is 1. The van der Waals surface area contributed by atoms with Crippen LogP contribution in [0, 0.1) is 62.7 Å². The summed E-state index contributed by atoms with van der Waals surface area (Å²) in [6.07, 6.45) is 7.69. The maximum absolute atomic E-state index is 13.0. The smallest absolute Gasteiger partial charge is 0.254 e. The van der Waals surface area contributed by atoms with Crippen molar-refractivity contribution in [1.29, 1.82) is 5.26 Å². The first kappa shape index (κ1) is 19.6. The number of amides is 2. The highest BCUT2D eigenvalue weighted by atomic mass is 16.4. The van der Waals surface area contributed by atoms with Crippen molar-refractivity contribution in [3.63, 3.8) is 0 Å². The monoisotopic (exact) mass is 416 g/mol. The molecule has 1 saturated carbocycles. The van der Waals surface area contributed by atoms with Gasteiger partial charge in [-0.15, -0.1) is 0 Å². The summed E-state index contributed by atoms with van der Waals surface area (Å²) in [6.45, 7) is 7.52. The molecule has 2 bridgehead atoms. The molecule has 2 aromatic heterocycles. The van der Waals surface area contributed by atoms with Crippen molar-refractivity contribution in [3.05, 3.63) is 52.1 Å². The van der Waals surface area contributed by atoms with E-state index in [1.165, 1.54) is 0 Å². The minimum absolute atomic E-state index is 0.145. The lowest BCUT2D eigenvalue weighted by molar-refractivity contribution is -0.140. The quantitative estimate of drug-likeness (QED) is 0.433. The molecule has 4 atom stereocenters. The van der Waals surface area contributed by atoms with Gasteiger partial charge in [0.05, 0.1) is 18.1 Å². The average molecular weight is 416 g/mol. The van der Waals surface area contributed by atoms with E-state index >= 15 is 0 Å². The second kappa shape index (κ2) is 6.81. The second-order valence-electron chi connectivity index (χ2n) is 8.81. The Hall–Kier alpha value is -3.40. The van der Waals surface area contributed by atoms with E-state index in [9.17, 15) is 14.9 Å². The fraction of sp³-hybridized carbons (Fsp3) is 0.417. The number of aromatic nitrogens is 1. The number of fused-ring (bicyclic) bond motifs is 1. The third-order valence-electron chi connectivity index (χ3n) is 7.20. The SMILES string of the molecule is Cc1oc(-n2c(C)cc(/C=N/N3C(=O)C4C5C=CC(CC5)C4C3=O)c2C)c(C#N)c1C. The van der Waals surface area contributed by atoms with Gasteiger partial charge in [-0.3, -0.25) is 14.2 Å². The van der Waals surface area contributed by atoms with Gasteiger partial charge in [-0.1, -0.05) is 12.2 Å². The van der Waals surface area contributed by atoms with E-state index in [4.69, 9.17) is 4.42 Å². The van der Waals surface area contributed by atoms with Crippen molar-refractivity contribution < 1.29 is 14.0 Å². The number of rotatable bonds is 3. The molecule has 2 aromatic rings. The molecule has 4 unspecified atom stereocenters. The summed E-state index contributed by atoms with van der Waals surface area (Å²) >= 11 is 0. The van der Waals surface area contributed by atoms with Crippen molar-refractivity contribution in [2.75, 3.05) is 0 Å². The molecular formula is C24H24N4O3. The summed E-state index contributed by atoms with van der Waals surface area (Å²) < 4.78 is 7.75. The molecule has 1 aliphatic heterocycles. The molecule has 31 heavy (non-hydrogen) atoms. The van der Waals surface area contributed by atoms with Crippen LogP contribution in [0.15, 0.2) is 27.7 Å². The van der Waals surface area contributed by atoms with Crippen LogP contribution in [0.5, 0.6) is 0 Å². The molecule has 158 valence electrons. The van der Waals surface area contributed by atoms with Crippen LogP contribution in [0.4, 0.5) is 0 Å². The molecule has 2 amide bonds. The van der Waals surface area contributed by atoms with Crippen LogP contribution >= 0.6 is 0 Å². The number of aryl methyl sites for hydroxylation is 2. The molecule has 0 spiro atoms. The van der Waals surface area contributed by atoms with Gasteiger partial charge in [-0.25, -0.2) is 0 Å². The maximum atomic E-state index is 13.0. The van der Waals surface area contributed by atoms with Gasteiger partial charge in [0, 0.05) is 22.5 Å². The Bertz CT molecular complexity index is 1190. The molecule has 3 heterocycles. The number of hydrazone groups is 1. The highest BCUT2D eigenvalue weighted by Gasteiger charge is 2.56. The third kappa shape index (κ3) is 2.67. The summed E-state index contributed by atoms with van der Waals surface area (Å²) in [5.74, 6) is 0.549. The molecule has 2 fully saturated rings. The summed E-state index contributed by atoms with van der Waals surface area (Å²) in [7, 11) is 0. The summed E-state index contributed by atoms with van der Waals surface area (Å²) in [5.41, 5.74) is 3.78. The van der Waals surface area contributed by atoms with Crippen molar-refractivity contribution in [3.8, 4) is 12.0 Å². The number of nitriles is 1. The summed E-state index contributed by atoms with van der Waals surface area (Å²) in [5, 5.41) is 15.0. The molecule has 6 rings (SSSR count). The van der Waals surface area contributed by atoms with Gasteiger partial charge in [0.25, 0.3) is 11.8 Å². The van der Waals surface area contributed by atoms with E-state index in [-0.39, 0.29) is 35.5 Å². The molecule has 0 N–H and O–H groups in total. The molecule has 0 aromatic carbocycles. The van der Waals surface area contributed by atoms with Crippen molar-refractivity contribution in [2.45, 2.75) is 40.5 Å². The summed E-state index contributed by atoms with van der Waals surface area (Å²) in [6, 6.07) is 4.14. The van der Waals surface area contributed by atoms with Crippen LogP contribution in [0.25, 0.3) is 5.88 Å². The number of carbonyl (C=O) groups excluding carboxylic acids is 2. The number of allylic oxidation sites excluding steroid dienone is 2. The Labute approximate surface area is 180 Å². The van der Waals surface area contributed by atoms with Gasteiger partial charge in [0.15, 0.2) is 0 Å². The Balaban J connectivity index is 1.48. The van der Waals surface area contributed by atoms with Gasteiger partial charge >= 0.3 is 0 Å². The van der Waals surface area contributed by atoms with Gasteiger partial charge in [-0.2, -0.15) is 15.4 Å². The zero-order valence-electron chi connectivity index (χ0n) is 18.0. The molecular weight excluding hydrogens is 392 g/mol. The normalized spacial score (nSPS) is 26.9. The lowest BCUT2D eigenvalue weighted by Gasteiger charge is -2.37. The van der Waals surface area contributed by atoms with E-state index < -0.39 is 0 Å². The topological polar surface area (TPSA) is 91.6 Å². The van der Waals surface area contributed by atoms with Crippen LogP contribution in [0.3, 0.4) is 0 Å². The molecule has 7 heteroatoms. The molecule has 7 nitrogen and oxygen atoms in total. The summed E-state index contributed by atoms with van der Waals surface area (Å²) in [4.78, 5) is 25.9. The Morgan fingerprint density at radius 3 is 2.26 bits per heavy atom. The first-order chi connectivity index (χ1) is 14.8. The highest BCUT2D eigenvalue weighted by Crippen LogP contribution is 2.49. The van der Waals surface area contributed by atoms with E-state index in [0.717, 1.165) is 40.4 Å². The first-order valence-electron chi connectivity index (χ1n) is 10.6. The predicted octanol–water partition coefficient (Wildman–Crippen LogP) is 3.71. The minimum atomic E-state index is -0.270. The van der Waals surface area contributed by atoms with Crippen molar-refractivity contribution in [1.82, 2.24) is 9.58 Å². The van der Waals surface area contributed by atoms with Crippen LogP contribution in [0.1, 0.15) is 46.7 Å². The number of carbonyl (C=O) groups is 2. The van der Waals surface area contributed by atoms with Crippen LogP contribution in [-0.2, 0) is 9.59 Å². The number of nitrogens with zero attached hydrogens (tertiary/aromatic N) is 4. The highest BCUT2D eigenvalue weighted by molar-refractivity contribution is 6.06. The standard InChI is InChI=1S/C24H24N4O3/c1-12-9-18(14(3)27(12)24-19(10-25)13(2)15(4)31-24)11-26-28-22(29)20-16-5-6-17(8-7-16)21(20)23(28)30/h5-6,9,11,16-17,20-21H,7-8H2,1-4H3/b26-11+. The van der Waals surface area contributed by atoms with E-state index in [1.54, 1.807) is 6.21 Å². The zero-order valence-corrected chi connectivity index (χ0v) is 18.0. The number of hydrogen-bond acceptors (Lipinski definition) is 5. The fourth-order valence-corrected chi connectivity index (χ4v) is 5.42. The van der Waals surface area contributed by atoms with E-state index in [1.807, 2.05) is 38.3 Å². The number of hydrogen-bond donors (Lipinski definition) is 0. The molecule has 4 aliphatic rings. The van der Waals surface area contributed by atoms with Crippen LogP contribution < -0.4 is 0 Å². The first-order valence-corrected chi connectivity index (χ1v) is 10.6. The van der Waals surface area contributed by atoms with Gasteiger partial charge in [0.1, 0.15) is 17.4 Å². The predicted molar refractivity (Wildman–Crippen MR) is 113 cm³/mol. The fourth-order valence-electron chi connectivity index (χ4n) is 5.42. The van der Waals surface area contributed by atoms with Gasteiger partial charge < -0.3 is 4.42 Å². The Morgan fingerprint density at radius 2 is 1.71 bits per heavy atom. The average Bonchev–Trinajstić information content (AvgIpc) is 3.31. The maximum Gasteiger partial charge on any atom is 0.254 e. The largest absolute Gasteiger partial charge is 0.443 e. The number of imide groups is 1. The van der Waals surface area contributed by atoms with Gasteiger partial charge in [-0.05, 0) is 58.4 Å². The van der Waals surface area contributed by atoms with Crippen LogP contribution in [0.2, 0.25) is 0 Å². The van der Waals surface area contributed by atoms with Gasteiger partial charge in [0.2, 0.25) is 5.88 Å². The lowest BCUT2D eigenvalue weighted by atomic mass is 9.63. The second-order valence-corrected chi connectivity index (χ2v) is 8.81. The molecule has 0 radical (unpaired) electrons. The lowest BCUT2D eigenvalue weighted by Crippen LogP contribution is -2.38. The van der Waals surface area contributed by atoms with Crippen molar-refractivity contribution in [2.24, 2.45) is 28.8 Å². The van der Waals surface area contributed by atoms with Crippen LogP contribution in [-0.4, -0.2) is 27.6 Å².